The fourth-order valence-corrected chi connectivity index (χ4v) is 4.84. The molecule has 0 radical (unpaired) electrons. The van der Waals surface area contributed by atoms with Crippen molar-refractivity contribution in [3.8, 4) is 11.5 Å². The monoisotopic (exact) mass is 530 g/mol. The zero-order valence-corrected chi connectivity index (χ0v) is 22.7. The second-order valence-corrected chi connectivity index (χ2v) is 9.97. The number of hydrogen-bond donors (Lipinski definition) is 1. The highest BCUT2D eigenvalue weighted by atomic mass is 32.2. The lowest BCUT2D eigenvalue weighted by atomic mass is 10.1. The van der Waals surface area contributed by atoms with Gasteiger partial charge >= 0.3 is 0 Å². The van der Waals surface area contributed by atoms with E-state index < -0.39 is 0 Å². The Balaban J connectivity index is 1.45. The minimum Gasteiger partial charge on any atom is -0.490 e. The number of anilines is 1. The van der Waals surface area contributed by atoms with Crippen LogP contribution in [0.4, 0.5) is 10.5 Å². The molecular weight excluding hydrogens is 500 g/mol. The van der Waals surface area contributed by atoms with Gasteiger partial charge in [0.25, 0.3) is 17.1 Å². The Bertz CT molecular complexity index is 1420. The summed E-state index contributed by atoms with van der Waals surface area (Å²) < 4.78 is 11.5. The van der Waals surface area contributed by atoms with Crippen molar-refractivity contribution in [1.29, 1.82) is 0 Å². The summed E-state index contributed by atoms with van der Waals surface area (Å²) in [5.74, 6) is 0.239. The molecule has 0 atom stereocenters. The Hall–Kier alpha value is -4.04. The molecule has 38 heavy (non-hydrogen) atoms. The van der Waals surface area contributed by atoms with E-state index in [0.717, 1.165) is 39.7 Å². The zero-order chi connectivity index (χ0) is 27.2. The van der Waals surface area contributed by atoms with Crippen LogP contribution in [-0.2, 0) is 16.1 Å². The summed E-state index contributed by atoms with van der Waals surface area (Å²) in [5.41, 5.74) is 5.49. The average molecular weight is 531 g/mol. The molecule has 1 saturated heterocycles. The van der Waals surface area contributed by atoms with Gasteiger partial charge in [-0.2, -0.15) is 0 Å². The smallest absolute Gasteiger partial charge is 0.293 e. The molecular formula is C30H30N2O5S. The first-order chi connectivity index (χ1) is 18.2. The Kier molecular flexibility index (Phi) is 8.53. The van der Waals surface area contributed by atoms with E-state index in [9.17, 15) is 14.4 Å². The number of rotatable bonds is 9. The van der Waals surface area contributed by atoms with E-state index in [2.05, 4.69) is 5.32 Å². The third kappa shape index (κ3) is 6.44. The van der Waals surface area contributed by atoms with Crippen LogP contribution in [-0.4, -0.2) is 35.2 Å². The van der Waals surface area contributed by atoms with Crippen molar-refractivity contribution in [3.05, 3.63) is 93.4 Å². The van der Waals surface area contributed by atoms with Crippen LogP contribution in [0.15, 0.2) is 65.6 Å². The molecule has 4 rings (SSSR count). The van der Waals surface area contributed by atoms with Crippen molar-refractivity contribution in [1.82, 2.24) is 4.90 Å². The maximum atomic E-state index is 13.0. The first kappa shape index (κ1) is 27.0. The van der Waals surface area contributed by atoms with Crippen LogP contribution in [0.2, 0.25) is 0 Å². The number of thioether (sulfide) groups is 1. The second-order valence-electron chi connectivity index (χ2n) is 8.98. The van der Waals surface area contributed by atoms with Gasteiger partial charge in [-0.25, -0.2) is 0 Å². The lowest BCUT2D eigenvalue weighted by Crippen LogP contribution is -2.27. The Morgan fingerprint density at radius 3 is 2.53 bits per heavy atom. The zero-order valence-electron chi connectivity index (χ0n) is 21.9. The SMILES string of the molecule is CCOc1cc(/C=C2\SC(=O)N(Cc3cccc(C)c3)C2=O)ccc1OCC(=O)Nc1cccc(C)c1C. The molecule has 3 amide bonds. The van der Waals surface area contributed by atoms with E-state index >= 15 is 0 Å². The summed E-state index contributed by atoms with van der Waals surface area (Å²) in [6, 6.07) is 18.7. The number of amides is 3. The Labute approximate surface area is 226 Å². The van der Waals surface area contributed by atoms with E-state index in [-0.39, 0.29) is 30.2 Å². The van der Waals surface area contributed by atoms with Crippen LogP contribution in [0.5, 0.6) is 11.5 Å². The van der Waals surface area contributed by atoms with E-state index in [1.807, 2.05) is 70.2 Å². The lowest BCUT2D eigenvalue weighted by Gasteiger charge is -2.14. The summed E-state index contributed by atoms with van der Waals surface area (Å²) in [6.45, 7) is 8.19. The van der Waals surface area contributed by atoms with Crippen LogP contribution >= 0.6 is 11.8 Å². The molecule has 0 bridgehead atoms. The number of nitrogens with zero attached hydrogens (tertiary/aromatic N) is 1. The van der Waals surface area contributed by atoms with Crippen molar-refractivity contribution in [2.75, 3.05) is 18.5 Å². The normalized spacial score (nSPS) is 14.2. The lowest BCUT2D eigenvalue weighted by molar-refractivity contribution is -0.123. The van der Waals surface area contributed by atoms with Crippen molar-refractivity contribution in [2.45, 2.75) is 34.2 Å². The van der Waals surface area contributed by atoms with Crippen LogP contribution < -0.4 is 14.8 Å². The number of aryl methyl sites for hydroxylation is 2. The minimum absolute atomic E-state index is 0.190. The maximum Gasteiger partial charge on any atom is 0.293 e. The quantitative estimate of drug-likeness (QED) is 0.329. The van der Waals surface area contributed by atoms with Crippen LogP contribution in [0.25, 0.3) is 6.08 Å². The van der Waals surface area contributed by atoms with Gasteiger partial charge < -0.3 is 14.8 Å². The van der Waals surface area contributed by atoms with Crippen molar-refractivity contribution in [2.24, 2.45) is 0 Å². The molecule has 0 aliphatic carbocycles. The van der Waals surface area contributed by atoms with Gasteiger partial charge in [0.1, 0.15) is 0 Å². The highest BCUT2D eigenvalue weighted by Crippen LogP contribution is 2.35. The third-order valence-electron chi connectivity index (χ3n) is 6.10. The van der Waals surface area contributed by atoms with Gasteiger partial charge in [-0.05, 0) is 86.0 Å². The molecule has 0 spiro atoms. The van der Waals surface area contributed by atoms with Gasteiger partial charge in [0.05, 0.1) is 18.1 Å². The largest absolute Gasteiger partial charge is 0.490 e. The number of hydrogen-bond acceptors (Lipinski definition) is 6. The topological polar surface area (TPSA) is 84.9 Å². The van der Waals surface area contributed by atoms with Crippen LogP contribution in [0, 0.1) is 20.8 Å². The molecule has 1 heterocycles. The number of ether oxygens (including phenoxy) is 2. The van der Waals surface area contributed by atoms with Gasteiger partial charge in [-0.15, -0.1) is 0 Å². The Morgan fingerprint density at radius 1 is 0.974 bits per heavy atom. The van der Waals surface area contributed by atoms with Crippen molar-refractivity contribution >= 4 is 40.6 Å². The molecule has 196 valence electrons. The fraction of sp³-hybridized carbons (Fsp3) is 0.233. The maximum absolute atomic E-state index is 13.0. The molecule has 1 aliphatic rings. The Morgan fingerprint density at radius 2 is 1.76 bits per heavy atom. The van der Waals surface area contributed by atoms with Crippen LogP contribution in [0.3, 0.4) is 0 Å². The average Bonchev–Trinajstić information content (AvgIpc) is 3.14. The van der Waals surface area contributed by atoms with Crippen molar-refractivity contribution in [3.63, 3.8) is 0 Å². The summed E-state index contributed by atoms with van der Waals surface area (Å²) in [7, 11) is 0. The predicted molar refractivity (Wildman–Crippen MR) is 150 cm³/mol. The van der Waals surface area contributed by atoms with E-state index in [4.69, 9.17) is 9.47 Å². The second kappa shape index (κ2) is 12.0. The molecule has 1 fully saturated rings. The molecule has 0 unspecified atom stereocenters. The highest BCUT2D eigenvalue weighted by molar-refractivity contribution is 8.18. The number of carbonyl (C=O) groups excluding carboxylic acids is 3. The minimum atomic E-state index is -0.331. The fourth-order valence-electron chi connectivity index (χ4n) is 4.00. The third-order valence-corrected chi connectivity index (χ3v) is 7.01. The standard InChI is InChI=1S/C30H30N2O5S/c1-5-36-26-15-22(12-13-25(26)37-18-28(33)31-24-11-7-9-20(3)21(24)4)16-27-29(34)32(30(35)38-27)17-23-10-6-8-19(2)14-23/h6-16H,5,17-18H2,1-4H3,(H,31,33)/b27-16-. The highest BCUT2D eigenvalue weighted by Gasteiger charge is 2.35. The summed E-state index contributed by atoms with van der Waals surface area (Å²) in [4.78, 5) is 39.6. The number of carbonyl (C=O) groups is 3. The molecule has 3 aromatic carbocycles. The van der Waals surface area contributed by atoms with Gasteiger partial charge in [-0.3, -0.25) is 19.3 Å². The number of benzene rings is 3. The first-order valence-electron chi connectivity index (χ1n) is 12.3. The summed E-state index contributed by atoms with van der Waals surface area (Å²) in [5, 5.41) is 2.57. The van der Waals surface area contributed by atoms with E-state index in [0.29, 0.717) is 28.6 Å². The number of nitrogens with one attached hydrogen (secondary N) is 1. The van der Waals surface area contributed by atoms with E-state index in [1.54, 1.807) is 24.3 Å². The molecule has 0 saturated carbocycles. The van der Waals surface area contributed by atoms with Gasteiger partial charge in [-0.1, -0.05) is 48.0 Å². The van der Waals surface area contributed by atoms with Gasteiger partial charge in [0.2, 0.25) is 0 Å². The molecule has 3 aromatic rings. The predicted octanol–water partition coefficient (Wildman–Crippen LogP) is 6.26. The van der Waals surface area contributed by atoms with Crippen LogP contribution in [0.1, 0.15) is 34.7 Å². The summed E-state index contributed by atoms with van der Waals surface area (Å²) in [6.07, 6.45) is 1.67. The number of imide groups is 1. The van der Waals surface area contributed by atoms with Crippen molar-refractivity contribution < 1.29 is 23.9 Å². The molecule has 8 heteroatoms. The van der Waals surface area contributed by atoms with Gasteiger partial charge in [0, 0.05) is 5.69 Å². The molecule has 0 aromatic heterocycles. The molecule has 7 nitrogen and oxygen atoms in total. The first-order valence-corrected chi connectivity index (χ1v) is 13.1. The summed E-state index contributed by atoms with van der Waals surface area (Å²) >= 11 is 0.914. The van der Waals surface area contributed by atoms with Gasteiger partial charge in [0.15, 0.2) is 18.1 Å². The molecule has 1 N–H and O–H groups in total. The molecule has 1 aliphatic heterocycles. The van der Waals surface area contributed by atoms with E-state index in [1.165, 1.54) is 4.90 Å².